The first-order valence-corrected chi connectivity index (χ1v) is 6.48. The summed E-state index contributed by atoms with van der Waals surface area (Å²) in [5.41, 5.74) is 7.33. The largest absolute Gasteiger partial charge is 0.375 e. The molecule has 0 fully saturated rings. The Hall–Kier alpha value is -1.88. The predicted octanol–water partition coefficient (Wildman–Crippen LogP) is 2.52. The van der Waals surface area contributed by atoms with Crippen LogP contribution in [0.25, 0.3) is 0 Å². The molecule has 2 aromatic rings. The maximum Gasteiger partial charge on any atom is 0.263 e. The number of anilines is 1. The molecule has 4 nitrogen and oxygen atoms in total. The Balaban J connectivity index is 2.10. The molecule has 0 aliphatic heterocycles. The summed E-state index contributed by atoms with van der Waals surface area (Å²) in [7, 11) is 0. The van der Waals surface area contributed by atoms with Gasteiger partial charge in [0.2, 0.25) is 0 Å². The summed E-state index contributed by atoms with van der Waals surface area (Å²) >= 11 is 1.21. The molecule has 1 atom stereocenters. The molecule has 0 bridgehead atoms. The first kappa shape index (κ1) is 12.6. The van der Waals surface area contributed by atoms with E-state index in [1.807, 2.05) is 37.3 Å². The van der Waals surface area contributed by atoms with Gasteiger partial charge in [0, 0.05) is 0 Å². The van der Waals surface area contributed by atoms with Gasteiger partial charge in [0.15, 0.2) is 5.13 Å². The number of nitrogens with one attached hydrogen (secondary N) is 1. The van der Waals surface area contributed by atoms with Crippen LogP contribution in [-0.4, -0.2) is 10.9 Å². The van der Waals surface area contributed by atoms with Gasteiger partial charge in [-0.3, -0.25) is 4.79 Å². The van der Waals surface area contributed by atoms with E-state index in [0.29, 0.717) is 15.7 Å². The molecule has 18 heavy (non-hydrogen) atoms. The first-order chi connectivity index (χ1) is 8.58. The molecule has 0 aliphatic rings. The van der Waals surface area contributed by atoms with Crippen molar-refractivity contribution in [1.82, 2.24) is 10.3 Å². The molecule has 0 unspecified atom stereocenters. The molecule has 5 heteroatoms. The van der Waals surface area contributed by atoms with Gasteiger partial charge < -0.3 is 11.1 Å². The lowest BCUT2D eigenvalue weighted by molar-refractivity contribution is 0.0943. The Morgan fingerprint density at radius 3 is 2.61 bits per heavy atom. The zero-order valence-corrected chi connectivity index (χ0v) is 11.1. The van der Waals surface area contributed by atoms with Gasteiger partial charge in [-0.05, 0) is 19.4 Å². The molecular formula is C13H15N3OS. The second-order valence-corrected chi connectivity index (χ2v) is 5.10. The van der Waals surface area contributed by atoms with Crippen molar-refractivity contribution >= 4 is 22.4 Å². The average molecular weight is 261 g/mol. The van der Waals surface area contributed by atoms with Crippen LogP contribution in [-0.2, 0) is 0 Å². The highest BCUT2D eigenvalue weighted by atomic mass is 32.1. The summed E-state index contributed by atoms with van der Waals surface area (Å²) in [6.45, 7) is 3.74. The Bertz CT molecular complexity index is 551. The Kier molecular flexibility index (Phi) is 3.62. The highest BCUT2D eigenvalue weighted by Crippen LogP contribution is 2.21. The lowest BCUT2D eigenvalue weighted by Gasteiger charge is -2.13. The van der Waals surface area contributed by atoms with Crippen molar-refractivity contribution in [3.63, 3.8) is 0 Å². The van der Waals surface area contributed by atoms with Gasteiger partial charge >= 0.3 is 0 Å². The van der Waals surface area contributed by atoms with Crippen molar-refractivity contribution in [2.24, 2.45) is 0 Å². The van der Waals surface area contributed by atoms with Gasteiger partial charge in [0.1, 0.15) is 4.88 Å². The zero-order valence-electron chi connectivity index (χ0n) is 10.3. The van der Waals surface area contributed by atoms with Crippen LogP contribution in [0.1, 0.15) is 33.9 Å². The van der Waals surface area contributed by atoms with E-state index in [2.05, 4.69) is 10.3 Å². The van der Waals surface area contributed by atoms with Crippen molar-refractivity contribution in [2.45, 2.75) is 19.9 Å². The summed E-state index contributed by atoms with van der Waals surface area (Å²) in [6, 6.07) is 9.78. The summed E-state index contributed by atoms with van der Waals surface area (Å²) < 4.78 is 0. The molecule has 2 rings (SSSR count). The fourth-order valence-electron chi connectivity index (χ4n) is 1.72. The Morgan fingerprint density at radius 2 is 2.06 bits per heavy atom. The second kappa shape index (κ2) is 5.18. The van der Waals surface area contributed by atoms with E-state index in [9.17, 15) is 4.79 Å². The maximum absolute atomic E-state index is 12.1. The van der Waals surface area contributed by atoms with Crippen LogP contribution < -0.4 is 11.1 Å². The van der Waals surface area contributed by atoms with E-state index in [-0.39, 0.29) is 11.9 Å². The molecule has 0 saturated carbocycles. The van der Waals surface area contributed by atoms with Crippen LogP contribution in [0, 0.1) is 6.92 Å². The lowest BCUT2D eigenvalue weighted by Crippen LogP contribution is -2.26. The zero-order chi connectivity index (χ0) is 13.1. The van der Waals surface area contributed by atoms with E-state index in [1.165, 1.54) is 11.3 Å². The smallest absolute Gasteiger partial charge is 0.263 e. The molecule has 0 aliphatic carbocycles. The third kappa shape index (κ3) is 2.68. The molecular weight excluding hydrogens is 246 g/mol. The molecule has 1 amide bonds. The molecule has 0 saturated heterocycles. The minimum atomic E-state index is -0.127. The van der Waals surface area contributed by atoms with Crippen LogP contribution >= 0.6 is 11.3 Å². The molecule has 1 heterocycles. The first-order valence-electron chi connectivity index (χ1n) is 5.66. The number of nitrogens with two attached hydrogens (primary N) is 1. The molecule has 0 radical (unpaired) electrons. The van der Waals surface area contributed by atoms with Crippen molar-refractivity contribution in [2.75, 3.05) is 5.73 Å². The monoisotopic (exact) mass is 261 g/mol. The SMILES string of the molecule is Cc1nc(N)sc1C(=O)N[C@@H](C)c1ccccc1. The Morgan fingerprint density at radius 1 is 1.39 bits per heavy atom. The van der Waals surface area contributed by atoms with E-state index in [4.69, 9.17) is 5.73 Å². The van der Waals surface area contributed by atoms with Crippen LogP contribution in [0.15, 0.2) is 30.3 Å². The minimum absolute atomic E-state index is 0.0403. The fourth-order valence-corrected chi connectivity index (χ4v) is 2.45. The van der Waals surface area contributed by atoms with Crippen molar-refractivity contribution in [3.05, 3.63) is 46.5 Å². The van der Waals surface area contributed by atoms with Gasteiger partial charge in [-0.15, -0.1) is 0 Å². The number of aryl methyl sites for hydroxylation is 1. The number of carbonyl (C=O) groups is 1. The number of hydrogen-bond acceptors (Lipinski definition) is 4. The summed E-state index contributed by atoms with van der Waals surface area (Å²) in [5.74, 6) is -0.127. The van der Waals surface area contributed by atoms with Gasteiger partial charge in [0.05, 0.1) is 11.7 Å². The highest BCUT2D eigenvalue weighted by molar-refractivity contribution is 7.17. The van der Waals surface area contributed by atoms with E-state index >= 15 is 0 Å². The number of benzene rings is 1. The van der Waals surface area contributed by atoms with Crippen LogP contribution in [0.3, 0.4) is 0 Å². The molecule has 0 spiro atoms. The fraction of sp³-hybridized carbons (Fsp3) is 0.231. The van der Waals surface area contributed by atoms with Gasteiger partial charge in [0.25, 0.3) is 5.91 Å². The van der Waals surface area contributed by atoms with E-state index in [0.717, 1.165) is 5.56 Å². The van der Waals surface area contributed by atoms with Crippen molar-refractivity contribution in [1.29, 1.82) is 0 Å². The summed E-state index contributed by atoms with van der Waals surface area (Å²) in [5, 5.41) is 3.36. The second-order valence-electron chi connectivity index (χ2n) is 4.07. The van der Waals surface area contributed by atoms with Crippen LogP contribution in [0.5, 0.6) is 0 Å². The number of nitrogens with zero attached hydrogens (tertiary/aromatic N) is 1. The van der Waals surface area contributed by atoms with Crippen molar-refractivity contribution in [3.8, 4) is 0 Å². The number of nitrogen functional groups attached to an aromatic ring is 1. The molecule has 3 N–H and O–H groups in total. The van der Waals surface area contributed by atoms with Gasteiger partial charge in [-0.2, -0.15) is 0 Å². The highest BCUT2D eigenvalue weighted by Gasteiger charge is 2.16. The van der Waals surface area contributed by atoms with Crippen LogP contribution in [0.2, 0.25) is 0 Å². The molecule has 1 aromatic carbocycles. The molecule has 1 aromatic heterocycles. The maximum atomic E-state index is 12.1. The Labute approximate surface area is 110 Å². The number of carbonyl (C=O) groups excluding carboxylic acids is 1. The number of amides is 1. The quantitative estimate of drug-likeness (QED) is 0.892. The molecule has 94 valence electrons. The average Bonchev–Trinajstić information content (AvgIpc) is 2.69. The topological polar surface area (TPSA) is 68.0 Å². The van der Waals surface area contributed by atoms with Gasteiger partial charge in [-0.1, -0.05) is 41.7 Å². The van der Waals surface area contributed by atoms with E-state index < -0.39 is 0 Å². The summed E-state index contributed by atoms with van der Waals surface area (Å²) in [4.78, 5) is 16.7. The lowest BCUT2D eigenvalue weighted by atomic mass is 10.1. The van der Waals surface area contributed by atoms with E-state index in [1.54, 1.807) is 6.92 Å². The normalized spacial score (nSPS) is 12.1. The standard InChI is InChI=1S/C13H15N3OS/c1-8(10-6-4-3-5-7-10)15-12(17)11-9(2)16-13(14)18-11/h3-8H,1-2H3,(H2,14,16)(H,15,17)/t8-/m0/s1. The number of thiazole rings is 1. The third-order valence-corrected chi connectivity index (χ3v) is 3.65. The van der Waals surface area contributed by atoms with Crippen LogP contribution in [0.4, 0.5) is 5.13 Å². The van der Waals surface area contributed by atoms with Crippen molar-refractivity contribution < 1.29 is 4.79 Å². The summed E-state index contributed by atoms with van der Waals surface area (Å²) in [6.07, 6.45) is 0. The number of hydrogen-bond donors (Lipinski definition) is 2. The predicted molar refractivity (Wildman–Crippen MR) is 73.6 cm³/mol. The minimum Gasteiger partial charge on any atom is -0.375 e. The third-order valence-electron chi connectivity index (χ3n) is 2.67. The van der Waals surface area contributed by atoms with Gasteiger partial charge in [-0.25, -0.2) is 4.98 Å². The number of aromatic nitrogens is 1. The number of rotatable bonds is 3.